The summed E-state index contributed by atoms with van der Waals surface area (Å²) < 4.78 is 0. The number of hydrogen-bond acceptors (Lipinski definition) is 1. The van der Waals surface area contributed by atoms with Gasteiger partial charge in [0.1, 0.15) is 0 Å². The van der Waals surface area contributed by atoms with Gasteiger partial charge >= 0.3 is 0 Å². The second-order valence-corrected chi connectivity index (χ2v) is 4.75. The van der Waals surface area contributed by atoms with Crippen LogP contribution in [0.15, 0.2) is 24.3 Å². The topological polar surface area (TPSA) is 26.0 Å². The van der Waals surface area contributed by atoms with Crippen LogP contribution < -0.4 is 5.73 Å². The predicted octanol–water partition coefficient (Wildman–Crippen LogP) is 3.86. The Balaban J connectivity index is 2.80. The molecule has 15 heavy (non-hydrogen) atoms. The lowest BCUT2D eigenvalue weighted by Crippen LogP contribution is -2.16. The lowest BCUT2D eigenvalue weighted by molar-refractivity contribution is 0.514. The van der Waals surface area contributed by atoms with Crippen LogP contribution in [0.3, 0.4) is 0 Å². The van der Waals surface area contributed by atoms with Crippen molar-refractivity contribution in [3.63, 3.8) is 0 Å². The molecular formula is C14H23N. The van der Waals surface area contributed by atoms with E-state index in [1.165, 1.54) is 17.5 Å². The van der Waals surface area contributed by atoms with Crippen molar-refractivity contribution in [3.05, 3.63) is 35.4 Å². The van der Waals surface area contributed by atoms with Gasteiger partial charge in [-0.05, 0) is 29.4 Å². The fourth-order valence-electron chi connectivity index (χ4n) is 1.67. The standard InChI is InChI=1S/C14H23N/c1-5-11(4)12-6-8-13(9-7-12)14(15)10(2)3/h6-11,14H,5,15H2,1-4H3/t11-,14-/m1/s1. The van der Waals surface area contributed by atoms with Crippen LogP contribution in [0.1, 0.15) is 57.2 Å². The summed E-state index contributed by atoms with van der Waals surface area (Å²) in [5.41, 5.74) is 8.76. The van der Waals surface area contributed by atoms with Gasteiger partial charge in [-0.2, -0.15) is 0 Å². The zero-order valence-corrected chi connectivity index (χ0v) is 10.3. The highest BCUT2D eigenvalue weighted by atomic mass is 14.6. The van der Waals surface area contributed by atoms with Crippen LogP contribution in [0.5, 0.6) is 0 Å². The second-order valence-electron chi connectivity index (χ2n) is 4.75. The molecular weight excluding hydrogens is 182 g/mol. The van der Waals surface area contributed by atoms with Crippen molar-refractivity contribution in [2.75, 3.05) is 0 Å². The molecule has 1 heteroatoms. The molecule has 0 saturated carbocycles. The Morgan fingerprint density at radius 2 is 1.47 bits per heavy atom. The van der Waals surface area contributed by atoms with E-state index in [9.17, 15) is 0 Å². The Morgan fingerprint density at radius 3 is 1.87 bits per heavy atom. The Morgan fingerprint density at radius 1 is 1.00 bits per heavy atom. The molecule has 0 heterocycles. The van der Waals surface area contributed by atoms with Crippen LogP contribution in [0.25, 0.3) is 0 Å². The largest absolute Gasteiger partial charge is 0.324 e. The van der Waals surface area contributed by atoms with Crippen molar-refractivity contribution in [3.8, 4) is 0 Å². The summed E-state index contributed by atoms with van der Waals surface area (Å²) in [4.78, 5) is 0. The minimum absolute atomic E-state index is 0.163. The van der Waals surface area contributed by atoms with Gasteiger partial charge in [-0.15, -0.1) is 0 Å². The molecule has 0 aliphatic rings. The second kappa shape index (κ2) is 5.32. The monoisotopic (exact) mass is 205 g/mol. The molecule has 1 aromatic carbocycles. The van der Waals surface area contributed by atoms with Crippen molar-refractivity contribution in [2.24, 2.45) is 11.7 Å². The van der Waals surface area contributed by atoms with Gasteiger partial charge in [-0.3, -0.25) is 0 Å². The molecule has 0 aromatic heterocycles. The molecule has 0 saturated heterocycles. The van der Waals surface area contributed by atoms with E-state index in [1.54, 1.807) is 0 Å². The highest BCUT2D eigenvalue weighted by Gasteiger charge is 2.10. The summed E-state index contributed by atoms with van der Waals surface area (Å²) in [5.74, 6) is 1.15. The first-order valence-electron chi connectivity index (χ1n) is 5.91. The molecule has 0 amide bonds. The number of nitrogens with two attached hydrogens (primary N) is 1. The first kappa shape index (κ1) is 12.3. The normalized spacial score (nSPS) is 15.3. The van der Waals surface area contributed by atoms with Crippen molar-refractivity contribution in [1.82, 2.24) is 0 Å². The maximum absolute atomic E-state index is 6.10. The fraction of sp³-hybridized carbons (Fsp3) is 0.571. The van der Waals surface area contributed by atoms with E-state index in [0.717, 1.165) is 0 Å². The van der Waals surface area contributed by atoms with Crippen molar-refractivity contribution >= 4 is 0 Å². The molecule has 0 unspecified atom stereocenters. The van der Waals surface area contributed by atoms with Gasteiger partial charge in [0.2, 0.25) is 0 Å². The highest BCUT2D eigenvalue weighted by Crippen LogP contribution is 2.23. The third-order valence-corrected chi connectivity index (χ3v) is 3.22. The maximum Gasteiger partial charge on any atom is 0.0318 e. The van der Waals surface area contributed by atoms with Crippen molar-refractivity contribution < 1.29 is 0 Å². The summed E-state index contributed by atoms with van der Waals surface area (Å²) in [7, 11) is 0. The van der Waals surface area contributed by atoms with Crippen LogP contribution >= 0.6 is 0 Å². The van der Waals surface area contributed by atoms with Gasteiger partial charge in [0.05, 0.1) is 0 Å². The van der Waals surface area contributed by atoms with E-state index < -0.39 is 0 Å². The van der Waals surface area contributed by atoms with Crippen LogP contribution in [0, 0.1) is 5.92 Å². The number of rotatable bonds is 4. The van der Waals surface area contributed by atoms with E-state index in [-0.39, 0.29) is 6.04 Å². The van der Waals surface area contributed by atoms with Gasteiger partial charge in [0.15, 0.2) is 0 Å². The quantitative estimate of drug-likeness (QED) is 0.793. The zero-order valence-electron chi connectivity index (χ0n) is 10.3. The van der Waals surface area contributed by atoms with Gasteiger partial charge in [-0.1, -0.05) is 52.0 Å². The summed E-state index contributed by atoms with van der Waals surface area (Å²) >= 11 is 0. The molecule has 1 nitrogen and oxygen atoms in total. The minimum Gasteiger partial charge on any atom is -0.324 e. The Labute approximate surface area is 93.7 Å². The van der Waals surface area contributed by atoms with Crippen LogP contribution in [-0.4, -0.2) is 0 Å². The lowest BCUT2D eigenvalue weighted by atomic mass is 9.93. The third kappa shape index (κ3) is 3.07. The molecule has 2 N–H and O–H groups in total. The van der Waals surface area contributed by atoms with Gasteiger partial charge < -0.3 is 5.73 Å². The number of hydrogen-bond donors (Lipinski definition) is 1. The van der Waals surface area contributed by atoms with Crippen LogP contribution in [0.2, 0.25) is 0 Å². The molecule has 0 aliphatic heterocycles. The third-order valence-electron chi connectivity index (χ3n) is 3.22. The Bertz CT molecular complexity index is 287. The van der Waals surface area contributed by atoms with Crippen molar-refractivity contribution in [2.45, 2.75) is 46.1 Å². The van der Waals surface area contributed by atoms with Crippen molar-refractivity contribution in [1.29, 1.82) is 0 Å². The van der Waals surface area contributed by atoms with E-state index in [2.05, 4.69) is 52.0 Å². The average molecular weight is 205 g/mol. The Kier molecular flexibility index (Phi) is 4.34. The molecule has 0 spiro atoms. The van der Waals surface area contributed by atoms with E-state index >= 15 is 0 Å². The van der Waals surface area contributed by atoms with Gasteiger partial charge in [0.25, 0.3) is 0 Å². The summed E-state index contributed by atoms with van der Waals surface area (Å²) in [6.07, 6.45) is 1.19. The number of benzene rings is 1. The molecule has 1 aromatic rings. The molecule has 84 valence electrons. The molecule has 1 rings (SSSR count). The highest BCUT2D eigenvalue weighted by molar-refractivity contribution is 5.27. The summed E-state index contributed by atoms with van der Waals surface area (Å²) in [6, 6.07) is 8.94. The van der Waals surface area contributed by atoms with Crippen LogP contribution in [-0.2, 0) is 0 Å². The first-order valence-corrected chi connectivity index (χ1v) is 5.91. The first-order chi connectivity index (χ1) is 7.06. The summed E-state index contributed by atoms with van der Waals surface area (Å²) in [5, 5.41) is 0. The Hall–Kier alpha value is -0.820. The molecule has 0 bridgehead atoms. The minimum atomic E-state index is 0.163. The average Bonchev–Trinajstić information content (AvgIpc) is 2.27. The smallest absolute Gasteiger partial charge is 0.0318 e. The molecule has 0 aliphatic carbocycles. The molecule has 0 fully saturated rings. The molecule has 0 radical (unpaired) electrons. The van der Waals surface area contributed by atoms with E-state index in [0.29, 0.717) is 11.8 Å². The molecule has 2 atom stereocenters. The van der Waals surface area contributed by atoms with Gasteiger partial charge in [-0.25, -0.2) is 0 Å². The maximum atomic E-state index is 6.10. The van der Waals surface area contributed by atoms with E-state index in [4.69, 9.17) is 5.73 Å². The SMILES string of the molecule is CC[C@@H](C)c1ccc([C@H](N)C(C)C)cc1. The fourth-order valence-corrected chi connectivity index (χ4v) is 1.67. The van der Waals surface area contributed by atoms with Crippen LogP contribution in [0.4, 0.5) is 0 Å². The zero-order chi connectivity index (χ0) is 11.4. The predicted molar refractivity (Wildman–Crippen MR) is 66.9 cm³/mol. The van der Waals surface area contributed by atoms with Gasteiger partial charge in [0, 0.05) is 6.04 Å². The summed E-state index contributed by atoms with van der Waals surface area (Å²) in [6.45, 7) is 8.80. The van der Waals surface area contributed by atoms with E-state index in [1.807, 2.05) is 0 Å². The lowest BCUT2D eigenvalue weighted by Gasteiger charge is -2.17.